The van der Waals surface area contributed by atoms with Crippen LogP contribution >= 0.6 is 0 Å². The lowest BCUT2D eigenvalue weighted by molar-refractivity contribution is -0.173. The third-order valence-electron chi connectivity index (χ3n) is 3.39. The summed E-state index contributed by atoms with van der Waals surface area (Å²) < 4.78 is 10.4. The van der Waals surface area contributed by atoms with Crippen LogP contribution in [0.3, 0.4) is 0 Å². The lowest BCUT2D eigenvalue weighted by Crippen LogP contribution is -2.47. The van der Waals surface area contributed by atoms with Gasteiger partial charge in [-0.1, -0.05) is 13.3 Å². The largest absolute Gasteiger partial charge is 0.464 e. The molecule has 1 aliphatic heterocycles. The molecule has 0 aromatic rings. The van der Waals surface area contributed by atoms with E-state index >= 15 is 0 Å². The lowest BCUT2D eigenvalue weighted by Gasteiger charge is -2.33. The summed E-state index contributed by atoms with van der Waals surface area (Å²) in [7, 11) is 0. The molecule has 1 rings (SSSR count). The van der Waals surface area contributed by atoms with E-state index in [0.717, 1.165) is 32.3 Å². The second-order valence-corrected chi connectivity index (χ2v) is 4.63. The van der Waals surface area contributed by atoms with Gasteiger partial charge in [0.25, 0.3) is 0 Å². The monoisotopic (exact) mass is 244 g/mol. The highest BCUT2D eigenvalue weighted by atomic mass is 16.5. The first kappa shape index (κ1) is 14.5. The van der Waals surface area contributed by atoms with Gasteiger partial charge in [-0.3, -0.25) is 0 Å². The summed E-state index contributed by atoms with van der Waals surface area (Å²) in [5, 5.41) is 10.6. The molecule has 17 heavy (non-hydrogen) atoms. The molecule has 2 unspecified atom stereocenters. The molecule has 100 valence electrons. The van der Waals surface area contributed by atoms with Crippen LogP contribution in [0.25, 0.3) is 0 Å². The summed E-state index contributed by atoms with van der Waals surface area (Å²) in [4.78, 5) is 12.0. The van der Waals surface area contributed by atoms with E-state index in [1.807, 2.05) is 6.92 Å². The number of rotatable bonds is 5. The van der Waals surface area contributed by atoms with E-state index in [1.54, 1.807) is 6.92 Å². The van der Waals surface area contributed by atoms with Crippen LogP contribution in [-0.2, 0) is 14.3 Å². The summed E-state index contributed by atoms with van der Waals surface area (Å²) in [6.07, 6.45) is 3.70. The molecule has 0 aromatic heterocycles. The molecular weight excluding hydrogens is 220 g/mol. The first-order valence-corrected chi connectivity index (χ1v) is 6.62. The molecule has 4 nitrogen and oxygen atoms in total. The van der Waals surface area contributed by atoms with Crippen molar-refractivity contribution in [2.24, 2.45) is 5.92 Å². The molecular formula is C13H24O4. The predicted octanol–water partition coefficient (Wildman–Crippen LogP) is 1.90. The summed E-state index contributed by atoms with van der Waals surface area (Å²) in [6, 6.07) is 0. The highest BCUT2D eigenvalue weighted by Crippen LogP contribution is 2.32. The van der Waals surface area contributed by atoms with Crippen molar-refractivity contribution in [3.63, 3.8) is 0 Å². The smallest absolute Gasteiger partial charge is 0.338 e. The van der Waals surface area contributed by atoms with Crippen LogP contribution in [0.1, 0.15) is 46.0 Å². The van der Waals surface area contributed by atoms with E-state index in [0.29, 0.717) is 19.6 Å². The third-order valence-corrected chi connectivity index (χ3v) is 3.39. The van der Waals surface area contributed by atoms with Gasteiger partial charge >= 0.3 is 5.97 Å². The molecule has 0 saturated carbocycles. The fourth-order valence-electron chi connectivity index (χ4n) is 2.49. The average Bonchev–Trinajstić information content (AvgIpc) is 2.58. The van der Waals surface area contributed by atoms with E-state index in [-0.39, 0.29) is 5.92 Å². The normalized spacial score (nSPS) is 24.8. The van der Waals surface area contributed by atoms with Crippen molar-refractivity contribution in [1.29, 1.82) is 0 Å². The van der Waals surface area contributed by atoms with Crippen LogP contribution < -0.4 is 0 Å². The number of carbonyl (C=O) groups is 1. The fraction of sp³-hybridized carbons (Fsp3) is 0.923. The maximum absolute atomic E-state index is 12.0. The molecule has 2 atom stereocenters. The van der Waals surface area contributed by atoms with Crippen LogP contribution in [0.2, 0.25) is 0 Å². The van der Waals surface area contributed by atoms with Crippen molar-refractivity contribution < 1.29 is 19.4 Å². The van der Waals surface area contributed by atoms with Crippen LogP contribution in [0, 0.1) is 5.92 Å². The van der Waals surface area contributed by atoms with Crippen LogP contribution in [0.15, 0.2) is 0 Å². The Morgan fingerprint density at radius 1 is 1.41 bits per heavy atom. The van der Waals surface area contributed by atoms with Crippen molar-refractivity contribution in [2.75, 3.05) is 19.8 Å². The molecule has 0 aliphatic carbocycles. The zero-order valence-electron chi connectivity index (χ0n) is 10.9. The Labute approximate surface area is 103 Å². The minimum absolute atomic E-state index is 0.0380. The molecule has 1 N–H and O–H groups in total. The van der Waals surface area contributed by atoms with E-state index in [2.05, 4.69) is 0 Å². The molecule has 1 heterocycles. The van der Waals surface area contributed by atoms with Gasteiger partial charge in [-0.2, -0.15) is 0 Å². The van der Waals surface area contributed by atoms with E-state index in [1.165, 1.54) is 0 Å². The predicted molar refractivity (Wildman–Crippen MR) is 64.7 cm³/mol. The van der Waals surface area contributed by atoms with Gasteiger partial charge < -0.3 is 14.6 Å². The van der Waals surface area contributed by atoms with Gasteiger partial charge in [-0.15, -0.1) is 0 Å². The van der Waals surface area contributed by atoms with Gasteiger partial charge in [-0.05, 0) is 32.6 Å². The lowest BCUT2D eigenvalue weighted by atomic mass is 9.79. The SMILES string of the molecule is CCCC(O)(C(=O)OCC)C1CCCOCC1. The van der Waals surface area contributed by atoms with Crippen LogP contribution in [-0.4, -0.2) is 36.5 Å². The minimum atomic E-state index is -1.32. The zero-order chi connectivity index (χ0) is 12.7. The first-order chi connectivity index (χ1) is 8.15. The first-order valence-electron chi connectivity index (χ1n) is 6.62. The van der Waals surface area contributed by atoms with Crippen molar-refractivity contribution >= 4 is 5.97 Å². The highest BCUT2D eigenvalue weighted by molar-refractivity contribution is 5.79. The standard InChI is InChI=1S/C13H24O4/c1-3-8-13(15,12(14)17-4-2)11-6-5-9-16-10-7-11/h11,15H,3-10H2,1-2H3. The molecule has 1 saturated heterocycles. The Hall–Kier alpha value is -0.610. The summed E-state index contributed by atoms with van der Waals surface area (Å²) in [5.41, 5.74) is -1.32. The number of aliphatic hydroxyl groups is 1. The van der Waals surface area contributed by atoms with Crippen molar-refractivity contribution in [3.05, 3.63) is 0 Å². The maximum Gasteiger partial charge on any atom is 0.338 e. The second kappa shape index (κ2) is 6.97. The molecule has 0 radical (unpaired) electrons. The second-order valence-electron chi connectivity index (χ2n) is 4.63. The fourth-order valence-corrected chi connectivity index (χ4v) is 2.49. The Kier molecular flexibility index (Phi) is 5.92. The number of esters is 1. The molecule has 0 bridgehead atoms. The Balaban J connectivity index is 2.76. The van der Waals surface area contributed by atoms with Crippen molar-refractivity contribution in [2.45, 2.75) is 51.6 Å². The molecule has 1 fully saturated rings. The van der Waals surface area contributed by atoms with Gasteiger partial charge in [-0.25, -0.2) is 4.79 Å². The van der Waals surface area contributed by atoms with E-state index in [9.17, 15) is 9.90 Å². The van der Waals surface area contributed by atoms with Gasteiger partial charge in [0.2, 0.25) is 0 Å². The zero-order valence-corrected chi connectivity index (χ0v) is 10.9. The number of hydrogen-bond donors (Lipinski definition) is 1. The molecule has 4 heteroatoms. The Bertz CT molecular complexity index is 234. The maximum atomic E-state index is 12.0. The number of ether oxygens (including phenoxy) is 2. The Morgan fingerprint density at radius 3 is 2.82 bits per heavy atom. The summed E-state index contributed by atoms with van der Waals surface area (Å²) in [5.74, 6) is -0.502. The quantitative estimate of drug-likeness (QED) is 0.750. The van der Waals surface area contributed by atoms with Crippen molar-refractivity contribution in [1.82, 2.24) is 0 Å². The summed E-state index contributed by atoms with van der Waals surface area (Å²) >= 11 is 0. The summed E-state index contributed by atoms with van der Waals surface area (Å²) in [6.45, 7) is 5.39. The number of carbonyl (C=O) groups excluding carboxylic acids is 1. The molecule has 0 aromatic carbocycles. The minimum Gasteiger partial charge on any atom is -0.464 e. The average molecular weight is 244 g/mol. The molecule has 0 spiro atoms. The van der Waals surface area contributed by atoms with Crippen LogP contribution in [0.5, 0.6) is 0 Å². The Morgan fingerprint density at radius 2 is 2.18 bits per heavy atom. The molecule has 1 aliphatic rings. The molecule has 0 amide bonds. The van der Waals surface area contributed by atoms with Crippen molar-refractivity contribution in [3.8, 4) is 0 Å². The van der Waals surface area contributed by atoms with E-state index < -0.39 is 11.6 Å². The van der Waals surface area contributed by atoms with Gasteiger partial charge in [0.15, 0.2) is 5.60 Å². The topological polar surface area (TPSA) is 55.8 Å². The van der Waals surface area contributed by atoms with E-state index in [4.69, 9.17) is 9.47 Å². The van der Waals surface area contributed by atoms with Gasteiger partial charge in [0.05, 0.1) is 6.61 Å². The number of hydrogen-bond acceptors (Lipinski definition) is 4. The van der Waals surface area contributed by atoms with Gasteiger partial charge in [0, 0.05) is 19.1 Å². The van der Waals surface area contributed by atoms with Gasteiger partial charge in [0.1, 0.15) is 0 Å². The highest BCUT2D eigenvalue weighted by Gasteiger charge is 2.44. The third kappa shape index (κ3) is 3.68. The van der Waals surface area contributed by atoms with Crippen LogP contribution in [0.4, 0.5) is 0 Å².